The Balaban J connectivity index is 0.000000671. The van der Waals surface area contributed by atoms with E-state index in [0.717, 1.165) is 5.69 Å². The minimum atomic E-state index is -0.144. The van der Waals surface area contributed by atoms with Gasteiger partial charge in [0.05, 0.1) is 11.4 Å². The van der Waals surface area contributed by atoms with Crippen LogP contribution in [0.15, 0.2) is 18.0 Å². The summed E-state index contributed by atoms with van der Waals surface area (Å²) in [6.45, 7) is 11.1. The van der Waals surface area contributed by atoms with Crippen LogP contribution in [0.25, 0.3) is 12.2 Å². The molecule has 0 atom stereocenters. The number of H-pyrrole nitrogens is 1. The van der Waals surface area contributed by atoms with Gasteiger partial charge in [0.1, 0.15) is 0 Å². The first-order valence-corrected chi connectivity index (χ1v) is 4.24. The molecule has 0 aliphatic heterocycles. The zero-order valence-corrected chi connectivity index (χ0v) is 8.42. The number of imidazole rings is 1. The molecule has 0 bridgehead atoms. The Morgan fingerprint density at radius 3 is 2.15 bits per heavy atom. The Morgan fingerprint density at radius 2 is 1.85 bits per heavy atom. The Hall–Kier alpha value is -1.51. The largest absolute Gasteiger partial charge is 0.326 e. The van der Waals surface area contributed by atoms with Gasteiger partial charge in [-0.25, -0.2) is 4.79 Å². The monoisotopic (exact) mass is 180 g/mol. The van der Waals surface area contributed by atoms with Gasteiger partial charge in [0.2, 0.25) is 0 Å². The predicted octanol–water partition coefficient (Wildman–Crippen LogP) is 2.03. The summed E-state index contributed by atoms with van der Waals surface area (Å²) in [6, 6.07) is 0. The van der Waals surface area contributed by atoms with Gasteiger partial charge in [0.15, 0.2) is 0 Å². The number of hydrogen-bond acceptors (Lipinski definition) is 1. The Kier molecular flexibility index (Phi) is 4.59. The fraction of sp³-hybridized carbons (Fsp3) is 0.300. The highest BCUT2D eigenvalue weighted by molar-refractivity contribution is 5.57. The van der Waals surface area contributed by atoms with E-state index in [4.69, 9.17) is 0 Å². The quantitative estimate of drug-likeness (QED) is 0.743. The van der Waals surface area contributed by atoms with Crippen molar-refractivity contribution in [1.82, 2.24) is 9.55 Å². The lowest BCUT2D eigenvalue weighted by Crippen LogP contribution is -2.13. The van der Waals surface area contributed by atoms with Gasteiger partial charge >= 0.3 is 5.69 Å². The van der Waals surface area contributed by atoms with E-state index in [1.165, 1.54) is 4.57 Å². The molecule has 1 N–H and O–H groups in total. The van der Waals surface area contributed by atoms with Crippen LogP contribution in [0, 0.1) is 0 Å². The van der Waals surface area contributed by atoms with Crippen molar-refractivity contribution in [2.75, 3.05) is 0 Å². The van der Waals surface area contributed by atoms with Gasteiger partial charge in [0.25, 0.3) is 0 Å². The summed E-state index contributed by atoms with van der Waals surface area (Å²) in [5.74, 6) is 0. The second-order valence-electron chi connectivity index (χ2n) is 2.20. The Labute approximate surface area is 78.4 Å². The molecule has 0 radical (unpaired) electrons. The minimum absolute atomic E-state index is 0.144. The first kappa shape index (κ1) is 11.5. The third-order valence-corrected chi connectivity index (χ3v) is 1.58. The van der Waals surface area contributed by atoms with E-state index in [0.29, 0.717) is 5.69 Å². The highest BCUT2D eigenvalue weighted by Crippen LogP contribution is 2.04. The summed E-state index contributed by atoms with van der Waals surface area (Å²) in [5.41, 5.74) is 1.34. The first-order valence-electron chi connectivity index (χ1n) is 4.24. The van der Waals surface area contributed by atoms with Gasteiger partial charge in [-0.1, -0.05) is 27.0 Å². The van der Waals surface area contributed by atoms with Crippen LogP contribution in [0.5, 0.6) is 0 Å². The molecule has 3 heteroatoms. The van der Waals surface area contributed by atoms with Gasteiger partial charge in [0, 0.05) is 7.05 Å². The molecule has 1 rings (SSSR count). The van der Waals surface area contributed by atoms with Gasteiger partial charge < -0.3 is 4.98 Å². The summed E-state index contributed by atoms with van der Waals surface area (Å²) in [6.07, 6.45) is 3.22. The maximum Gasteiger partial charge on any atom is 0.326 e. The van der Waals surface area contributed by atoms with Crippen LogP contribution in [-0.2, 0) is 7.05 Å². The summed E-state index contributed by atoms with van der Waals surface area (Å²) >= 11 is 0. The van der Waals surface area contributed by atoms with Crippen molar-refractivity contribution in [3.05, 3.63) is 35.0 Å². The third kappa shape index (κ3) is 2.21. The van der Waals surface area contributed by atoms with Crippen molar-refractivity contribution in [3.63, 3.8) is 0 Å². The zero-order valence-electron chi connectivity index (χ0n) is 8.42. The summed E-state index contributed by atoms with van der Waals surface area (Å²) < 4.78 is 1.49. The molecule has 1 aromatic rings. The molecule has 0 saturated heterocycles. The number of nitrogens with zero attached hydrogens (tertiary/aromatic N) is 1. The first-order chi connectivity index (χ1) is 6.20. The van der Waals surface area contributed by atoms with E-state index in [-0.39, 0.29) is 5.69 Å². The van der Waals surface area contributed by atoms with Gasteiger partial charge in [-0.05, 0) is 12.2 Å². The number of rotatable bonds is 2. The fourth-order valence-corrected chi connectivity index (χ4v) is 0.956. The highest BCUT2D eigenvalue weighted by Gasteiger charge is 2.03. The summed E-state index contributed by atoms with van der Waals surface area (Å²) in [7, 11) is 1.68. The van der Waals surface area contributed by atoms with Crippen molar-refractivity contribution in [2.24, 2.45) is 7.05 Å². The average molecular weight is 180 g/mol. The van der Waals surface area contributed by atoms with Crippen molar-refractivity contribution in [1.29, 1.82) is 0 Å². The Morgan fingerprint density at radius 1 is 1.31 bits per heavy atom. The van der Waals surface area contributed by atoms with E-state index in [9.17, 15) is 4.79 Å². The van der Waals surface area contributed by atoms with Crippen molar-refractivity contribution >= 4 is 12.2 Å². The van der Waals surface area contributed by atoms with E-state index < -0.39 is 0 Å². The van der Waals surface area contributed by atoms with Gasteiger partial charge in [-0.15, -0.1) is 0 Å². The normalized spacial score (nSPS) is 8.54. The summed E-state index contributed by atoms with van der Waals surface area (Å²) in [5, 5.41) is 0. The van der Waals surface area contributed by atoms with Crippen LogP contribution in [0.1, 0.15) is 25.2 Å². The molecule has 0 spiro atoms. The molecular weight excluding hydrogens is 164 g/mol. The standard InChI is InChI=1S/C8H10N2O.C2H6/c1-4-6-7(5-2)10(3)8(11)9-6;1-2/h4-5H,1-2H2,3H3,(H,9,11);1-2H3. The highest BCUT2D eigenvalue weighted by atomic mass is 16.1. The lowest BCUT2D eigenvalue weighted by atomic mass is 10.3. The SMILES string of the molecule is C=Cc1[nH]c(=O)n(C)c1C=C.CC. The Bertz CT molecular complexity index is 344. The molecule has 0 amide bonds. The lowest BCUT2D eigenvalue weighted by molar-refractivity contribution is 0.853. The molecule has 0 aromatic carbocycles. The molecule has 0 saturated carbocycles. The number of nitrogens with one attached hydrogen (secondary N) is 1. The second kappa shape index (κ2) is 5.19. The molecule has 1 heterocycles. The van der Waals surface area contributed by atoms with Crippen LogP contribution in [0.4, 0.5) is 0 Å². The average Bonchev–Trinajstić information content (AvgIpc) is 2.46. The number of aromatic amines is 1. The number of hydrogen-bond donors (Lipinski definition) is 1. The smallest absolute Gasteiger partial charge is 0.306 e. The molecular formula is C10H16N2O. The molecule has 3 nitrogen and oxygen atoms in total. The van der Waals surface area contributed by atoms with Crippen LogP contribution in [0.2, 0.25) is 0 Å². The van der Waals surface area contributed by atoms with Gasteiger partial charge in [-0.3, -0.25) is 4.57 Å². The maximum atomic E-state index is 11.0. The van der Waals surface area contributed by atoms with Crippen LogP contribution in [-0.4, -0.2) is 9.55 Å². The van der Waals surface area contributed by atoms with Crippen molar-refractivity contribution in [2.45, 2.75) is 13.8 Å². The van der Waals surface area contributed by atoms with Crippen LogP contribution < -0.4 is 5.69 Å². The second-order valence-corrected chi connectivity index (χ2v) is 2.20. The molecule has 1 aromatic heterocycles. The summed E-state index contributed by atoms with van der Waals surface area (Å²) in [4.78, 5) is 13.6. The molecule has 0 unspecified atom stereocenters. The molecule has 13 heavy (non-hydrogen) atoms. The number of aromatic nitrogens is 2. The van der Waals surface area contributed by atoms with Crippen molar-refractivity contribution < 1.29 is 0 Å². The fourth-order valence-electron chi connectivity index (χ4n) is 0.956. The maximum absolute atomic E-state index is 11.0. The van der Waals surface area contributed by atoms with E-state index in [2.05, 4.69) is 18.1 Å². The van der Waals surface area contributed by atoms with Crippen molar-refractivity contribution in [3.8, 4) is 0 Å². The van der Waals surface area contributed by atoms with E-state index >= 15 is 0 Å². The van der Waals surface area contributed by atoms with Crippen LogP contribution >= 0.6 is 0 Å². The van der Waals surface area contributed by atoms with Crippen LogP contribution in [0.3, 0.4) is 0 Å². The van der Waals surface area contributed by atoms with E-state index in [1.54, 1.807) is 19.2 Å². The minimum Gasteiger partial charge on any atom is -0.306 e. The van der Waals surface area contributed by atoms with E-state index in [1.807, 2.05) is 13.8 Å². The molecule has 0 aliphatic carbocycles. The topological polar surface area (TPSA) is 37.8 Å². The zero-order chi connectivity index (χ0) is 10.4. The molecule has 0 aliphatic rings. The molecule has 72 valence electrons. The lowest BCUT2D eigenvalue weighted by Gasteiger charge is -1.92. The van der Waals surface area contributed by atoms with Gasteiger partial charge in [-0.2, -0.15) is 0 Å². The predicted molar refractivity (Wildman–Crippen MR) is 57.6 cm³/mol. The third-order valence-electron chi connectivity index (χ3n) is 1.58. The molecule has 0 fully saturated rings.